The first kappa shape index (κ1) is 20.6. The minimum atomic E-state index is -0.102. The molecule has 7 heteroatoms. The van der Waals surface area contributed by atoms with Crippen LogP contribution in [0, 0.1) is 17.2 Å². The molecular weight excluding hydrogens is 346 g/mol. The number of piperidine rings is 1. The van der Waals surface area contributed by atoms with Crippen LogP contribution < -0.4 is 14.8 Å². The molecule has 1 aromatic rings. The minimum absolute atomic E-state index is 0.0211. The van der Waals surface area contributed by atoms with E-state index >= 15 is 0 Å². The molecule has 1 aliphatic rings. The molecule has 0 aromatic heterocycles. The summed E-state index contributed by atoms with van der Waals surface area (Å²) in [4.78, 5) is 25.6. The van der Waals surface area contributed by atoms with Gasteiger partial charge in [0.05, 0.1) is 20.3 Å². The van der Waals surface area contributed by atoms with E-state index in [2.05, 4.69) is 5.32 Å². The Morgan fingerprint density at radius 2 is 1.93 bits per heavy atom. The summed E-state index contributed by atoms with van der Waals surface area (Å²) in [5, 5.41) is 11.6. The first-order chi connectivity index (χ1) is 13.1. The third kappa shape index (κ3) is 6.17. The van der Waals surface area contributed by atoms with Crippen LogP contribution in [0.5, 0.6) is 11.5 Å². The van der Waals surface area contributed by atoms with Crippen molar-refractivity contribution in [2.45, 2.75) is 32.1 Å². The summed E-state index contributed by atoms with van der Waals surface area (Å²) in [6.45, 7) is 1.95. The van der Waals surface area contributed by atoms with E-state index in [9.17, 15) is 9.59 Å². The number of nitrogens with zero attached hydrogens (tertiary/aromatic N) is 2. The standard InChI is InChI=1S/C20H27N3O4/c1-26-17-5-3-15(13-18(17)27-2)4-6-19(24)22-14-16-8-11-23(12-9-16)20(25)7-10-21/h3,5,13,16H,4,6-9,11-12,14H2,1-2H3,(H,22,24). The van der Waals surface area contributed by atoms with Crippen molar-refractivity contribution in [3.05, 3.63) is 23.8 Å². The van der Waals surface area contributed by atoms with Crippen molar-refractivity contribution in [2.24, 2.45) is 5.92 Å². The third-order valence-electron chi connectivity index (χ3n) is 4.87. The zero-order valence-electron chi connectivity index (χ0n) is 16.0. The molecule has 1 aliphatic heterocycles. The quantitative estimate of drug-likeness (QED) is 0.751. The molecule has 1 fully saturated rings. The highest BCUT2D eigenvalue weighted by molar-refractivity contribution is 5.78. The first-order valence-corrected chi connectivity index (χ1v) is 9.19. The van der Waals surface area contributed by atoms with E-state index in [0.717, 1.165) is 18.4 Å². The minimum Gasteiger partial charge on any atom is -0.493 e. The van der Waals surface area contributed by atoms with Gasteiger partial charge in [0.2, 0.25) is 11.8 Å². The number of benzene rings is 1. The number of amides is 2. The normalized spacial score (nSPS) is 14.3. The molecule has 2 rings (SSSR count). The van der Waals surface area contributed by atoms with Crippen LogP contribution in [-0.2, 0) is 16.0 Å². The molecule has 0 aliphatic carbocycles. The lowest BCUT2D eigenvalue weighted by Gasteiger charge is -2.31. The summed E-state index contributed by atoms with van der Waals surface area (Å²) >= 11 is 0. The van der Waals surface area contributed by atoms with Crippen molar-refractivity contribution in [3.63, 3.8) is 0 Å². The van der Waals surface area contributed by atoms with E-state index < -0.39 is 0 Å². The second-order valence-corrected chi connectivity index (χ2v) is 6.65. The van der Waals surface area contributed by atoms with Gasteiger partial charge >= 0.3 is 0 Å². The molecule has 146 valence electrons. The van der Waals surface area contributed by atoms with Crippen LogP contribution in [0.25, 0.3) is 0 Å². The van der Waals surface area contributed by atoms with E-state index in [-0.39, 0.29) is 18.2 Å². The molecule has 7 nitrogen and oxygen atoms in total. The molecule has 1 saturated heterocycles. The number of aryl methyl sites for hydroxylation is 1. The first-order valence-electron chi connectivity index (χ1n) is 9.19. The summed E-state index contributed by atoms with van der Waals surface area (Å²) in [5.74, 6) is 1.63. The van der Waals surface area contributed by atoms with Gasteiger partial charge in [-0.05, 0) is 42.9 Å². The van der Waals surface area contributed by atoms with Gasteiger partial charge in [-0.2, -0.15) is 5.26 Å². The van der Waals surface area contributed by atoms with Gasteiger partial charge in [-0.1, -0.05) is 6.07 Å². The monoisotopic (exact) mass is 373 g/mol. The fraction of sp³-hybridized carbons (Fsp3) is 0.550. The molecule has 0 bridgehead atoms. The van der Waals surface area contributed by atoms with Gasteiger partial charge in [0.1, 0.15) is 6.42 Å². The number of likely N-dealkylation sites (tertiary alicyclic amines) is 1. The largest absolute Gasteiger partial charge is 0.493 e. The van der Waals surface area contributed by atoms with E-state index in [1.807, 2.05) is 24.3 Å². The SMILES string of the molecule is COc1ccc(CCC(=O)NCC2CCN(C(=O)CC#N)CC2)cc1OC. The Balaban J connectivity index is 1.70. The summed E-state index contributed by atoms with van der Waals surface area (Å²) in [7, 11) is 3.18. The van der Waals surface area contributed by atoms with Crippen LogP contribution in [0.1, 0.15) is 31.2 Å². The Kier molecular flexibility index (Phi) is 7.93. The number of rotatable bonds is 8. The Bertz CT molecular complexity index is 691. The summed E-state index contributed by atoms with van der Waals surface area (Å²) < 4.78 is 10.5. The van der Waals surface area contributed by atoms with Crippen LogP contribution >= 0.6 is 0 Å². The summed E-state index contributed by atoms with van der Waals surface area (Å²) in [5.41, 5.74) is 1.02. The topological polar surface area (TPSA) is 91.7 Å². The molecular formula is C20H27N3O4. The number of nitrogens with one attached hydrogen (secondary N) is 1. The van der Waals surface area contributed by atoms with E-state index in [0.29, 0.717) is 49.9 Å². The third-order valence-corrected chi connectivity index (χ3v) is 4.87. The molecule has 0 atom stereocenters. The van der Waals surface area contributed by atoms with Crippen LogP contribution in [0.3, 0.4) is 0 Å². The summed E-state index contributed by atoms with van der Waals surface area (Å²) in [6.07, 6.45) is 2.69. The van der Waals surface area contributed by atoms with E-state index in [1.54, 1.807) is 19.1 Å². The molecule has 0 spiro atoms. The van der Waals surface area contributed by atoms with Gasteiger partial charge in [-0.3, -0.25) is 9.59 Å². The van der Waals surface area contributed by atoms with Crippen molar-refractivity contribution in [2.75, 3.05) is 33.9 Å². The molecule has 1 N–H and O–H groups in total. The molecule has 1 aromatic carbocycles. The fourth-order valence-electron chi connectivity index (χ4n) is 3.21. The van der Waals surface area contributed by atoms with Crippen LogP contribution in [0.4, 0.5) is 0 Å². The second-order valence-electron chi connectivity index (χ2n) is 6.65. The second kappa shape index (κ2) is 10.4. The molecule has 1 heterocycles. The number of carbonyl (C=O) groups excluding carboxylic acids is 2. The molecule has 27 heavy (non-hydrogen) atoms. The van der Waals surface area contributed by atoms with Gasteiger partial charge in [0, 0.05) is 26.1 Å². The van der Waals surface area contributed by atoms with Crippen molar-refractivity contribution in [3.8, 4) is 17.6 Å². The predicted molar refractivity (Wildman–Crippen MR) is 100 cm³/mol. The van der Waals surface area contributed by atoms with Crippen molar-refractivity contribution >= 4 is 11.8 Å². The van der Waals surface area contributed by atoms with Gasteiger partial charge in [0.25, 0.3) is 0 Å². The Morgan fingerprint density at radius 1 is 1.22 bits per heavy atom. The van der Waals surface area contributed by atoms with Gasteiger partial charge in [-0.15, -0.1) is 0 Å². The zero-order chi connectivity index (χ0) is 19.6. The Labute approximate surface area is 160 Å². The number of nitriles is 1. The molecule has 0 saturated carbocycles. The summed E-state index contributed by atoms with van der Waals surface area (Å²) in [6, 6.07) is 7.56. The number of carbonyl (C=O) groups is 2. The predicted octanol–water partition coefficient (Wildman–Crippen LogP) is 1.90. The smallest absolute Gasteiger partial charge is 0.236 e. The highest BCUT2D eigenvalue weighted by Crippen LogP contribution is 2.28. The molecule has 0 radical (unpaired) electrons. The fourth-order valence-corrected chi connectivity index (χ4v) is 3.21. The van der Waals surface area contributed by atoms with Crippen molar-refractivity contribution < 1.29 is 19.1 Å². The lowest BCUT2D eigenvalue weighted by atomic mass is 9.96. The number of hydrogen-bond donors (Lipinski definition) is 1. The highest BCUT2D eigenvalue weighted by Gasteiger charge is 2.22. The molecule has 0 unspecified atom stereocenters. The number of methoxy groups -OCH3 is 2. The Morgan fingerprint density at radius 3 is 2.56 bits per heavy atom. The van der Waals surface area contributed by atoms with Crippen molar-refractivity contribution in [1.82, 2.24) is 10.2 Å². The van der Waals surface area contributed by atoms with E-state index in [1.165, 1.54) is 0 Å². The van der Waals surface area contributed by atoms with Gasteiger partial charge < -0.3 is 19.7 Å². The maximum absolute atomic E-state index is 12.1. The van der Waals surface area contributed by atoms with Crippen LogP contribution in [0.2, 0.25) is 0 Å². The maximum atomic E-state index is 12.1. The van der Waals surface area contributed by atoms with Gasteiger partial charge in [0.15, 0.2) is 11.5 Å². The number of hydrogen-bond acceptors (Lipinski definition) is 5. The molecule has 2 amide bonds. The highest BCUT2D eigenvalue weighted by atomic mass is 16.5. The maximum Gasteiger partial charge on any atom is 0.236 e. The van der Waals surface area contributed by atoms with E-state index in [4.69, 9.17) is 14.7 Å². The lowest BCUT2D eigenvalue weighted by Crippen LogP contribution is -2.41. The van der Waals surface area contributed by atoms with Crippen molar-refractivity contribution in [1.29, 1.82) is 5.26 Å². The zero-order valence-corrected chi connectivity index (χ0v) is 16.0. The van der Waals surface area contributed by atoms with Crippen LogP contribution in [0.15, 0.2) is 18.2 Å². The number of ether oxygens (including phenoxy) is 2. The van der Waals surface area contributed by atoms with Crippen LogP contribution in [-0.4, -0.2) is 50.6 Å². The Hall–Kier alpha value is -2.75. The lowest BCUT2D eigenvalue weighted by molar-refractivity contribution is -0.131. The average Bonchev–Trinajstić information content (AvgIpc) is 2.71. The average molecular weight is 373 g/mol. The van der Waals surface area contributed by atoms with Gasteiger partial charge in [-0.25, -0.2) is 0 Å².